The van der Waals surface area contributed by atoms with Crippen molar-refractivity contribution in [3.63, 3.8) is 0 Å². The summed E-state index contributed by atoms with van der Waals surface area (Å²) >= 11 is 12.1. The van der Waals surface area contributed by atoms with Crippen LogP contribution in [0.15, 0.2) is 54.6 Å². The van der Waals surface area contributed by atoms with Crippen molar-refractivity contribution < 1.29 is 4.74 Å². The predicted molar refractivity (Wildman–Crippen MR) is 111 cm³/mol. The van der Waals surface area contributed by atoms with Crippen molar-refractivity contribution in [2.75, 3.05) is 6.54 Å². The number of ether oxygens (including phenoxy) is 1. The Hall–Kier alpha value is -1.74. The molecule has 0 bridgehead atoms. The summed E-state index contributed by atoms with van der Waals surface area (Å²) < 4.78 is 6.14. The van der Waals surface area contributed by atoms with Gasteiger partial charge in [-0.15, -0.1) is 0 Å². The van der Waals surface area contributed by atoms with E-state index in [1.54, 1.807) is 6.07 Å². The third kappa shape index (κ3) is 4.70. The van der Waals surface area contributed by atoms with Gasteiger partial charge in [0.25, 0.3) is 0 Å². The number of hydrogen-bond acceptors (Lipinski definition) is 2. The van der Waals surface area contributed by atoms with Gasteiger partial charge < -0.3 is 10.1 Å². The summed E-state index contributed by atoms with van der Waals surface area (Å²) in [6.07, 6.45) is 2.35. The van der Waals surface area contributed by atoms with Crippen molar-refractivity contribution in [2.24, 2.45) is 0 Å². The zero-order valence-corrected chi connectivity index (χ0v) is 16.4. The molecule has 0 spiro atoms. The molecule has 2 nitrogen and oxygen atoms in total. The fourth-order valence-corrected chi connectivity index (χ4v) is 3.26. The van der Waals surface area contributed by atoms with Gasteiger partial charge >= 0.3 is 0 Å². The molecule has 0 saturated carbocycles. The molecule has 26 heavy (non-hydrogen) atoms. The minimum atomic E-state index is 0.456. The second-order valence-corrected chi connectivity index (χ2v) is 7.15. The van der Waals surface area contributed by atoms with Gasteiger partial charge in [0, 0.05) is 12.1 Å². The van der Waals surface area contributed by atoms with Crippen LogP contribution in [0.4, 0.5) is 0 Å². The summed E-state index contributed by atoms with van der Waals surface area (Å²) in [6, 6.07) is 18.2. The molecule has 0 fully saturated rings. The van der Waals surface area contributed by atoms with Crippen LogP contribution in [-0.2, 0) is 13.2 Å². The molecule has 0 unspecified atom stereocenters. The third-order valence-electron chi connectivity index (χ3n) is 4.38. The molecule has 0 heterocycles. The van der Waals surface area contributed by atoms with Crippen LogP contribution in [0.2, 0.25) is 10.0 Å². The Kier molecular flexibility index (Phi) is 6.79. The number of halogens is 2. The van der Waals surface area contributed by atoms with Crippen molar-refractivity contribution in [3.8, 4) is 5.75 Å². The van der Waals surface area contributed by atoms with E-state index in [0.717, 1.165) is 24.4 Å². The topological polar surface area (TPSA) is 21.3 Å². The maximum Gasteiger partial charge on any atom is 0.124 e. The van der Waals surface area contributed by atoms with Crippen LogP contribution in [0.25, 0.3) is 10.8 Å². The number of rotatable bonds is 8. The minimum absolute atomic E-state index is 0.456. The molecule has 0 aromatic heterocycles. The smallest absolute Gasteiger partial charge is 0.124 e. The number of hydrogen-bond donors (Lipinski definition) is 1. The number of fused-ring (bicyclic) bond motifs is 1. The van der Waals surface area contributed by atoms with E-state index in [1.165, 1.54) is 29.2 Å². The van der Waals surface area contributed by atoms with Crippen LogP contribution in [-0.4, -0.2) is 6.54 Å². The first-order valence-corrected chi connectivity index (χ1v) is 9.72. The Morgan fingerprint density at radius 2 is 1.81 bits per heavy atom. The predicted octanol–water partition coefficient (Wildman–Crippen LogP) is 6.62. The molecule has 0 amide bonds. The standard InChI is InChI=1S/C22H23Cl2NO/c1-2-3-12-25-14-19-18-7-5-4-6-17(18)9-11-22(19)26-15-16-8-10-20(23)21(24)13-16/h4-11,13,25H,2-3,12,14-15H2,1H3. The monoisotopic (exact) mass is 387 g/mol. The first-order valence-electron chi connectivity index (χ1n) is 8.97. The Morgan fingerprint density at radius 3 is 2.62 bits per heavy atom. The van der Waals surface area contributed by atoms with E-state index in [-0.39, 0.29) is 0 Å². The maximum absolute atomic E-state index is 6.14. The average Bonchev–Trinajstić information content (AvgIpc) is 2.66. The van der Waals surface area contributed by atoms with Crippen molar-refractivity contribution in [1.82, 2.24) is 5.32 Å². The fourth-order valence-electron chi connectivity index (χ4n) is 2.94. The second kappa shape index (κ2) is 9.27. The van der Waals surface area contributed by atoms with Gasteiger partial charge in [0.1, 0.15) is 12.4 Å². The molecule has 0 aliphatic rings. The highest BCUT2D eigenvalue weighted by Gasteiger charge is 2.09. The van der Waals surface area contributed by atoms with Gasteiger partial charge in [-0.05, 0) is 47.5 Å². The minimum Gasteiger partial charge on any atom is -0.489 e. The van der Waals surface area contributed by atoms with E-state index in [9.17, 15) is 0 Å². The third-order valence-corrected chi connectivity index (χ3v) is 5.12. The van der Waals surface area contributed by atoms with E-state index in [0.29, 0.717) is 16.7 Å². The van der Waals surface area contributed by atoms with Gasteiger partial charge in [0.2, 0.25) is 0 Å². The van der Waals surface area contributed by atoms with Crippen molar-refractivity contribution in [2.45, 2.75) is 32.9 Å². The SMILES string of the molecule is CCCCNCc1c(OCc2ccc(Cl)c(Cl)c2)ccc2ccccc12. The van der Waals surface area contributed by atoms with Gasteiger partial charge in [0.15, 0.2) is 0 Å². The van der Waals surface area contributed by atoms with E-state index < -0.39 is 0 Å². The molecule has 0 aliphatic carbocycles. The van der Waals surface area contributed by atoms with E-state index in [2.05, 4.69) is 48.6 Å². The van der Waals surface area contributed by atoms with Crippen LogP contribution in [0.5, 0.6) is 5.75 Å². The summed E-state index contributed by atoms with van der Waals surface area (Å²) in [4.78, 5) is 0. The van der Waals surface area contributed by atoms with Crippen LogP contribution in [0.1, 0.15) is 30.9 Å². The van der Waals surface area contributed by atoms with Crippen LogP contribution in [0.3, 0.4) is 0 Å². The zero-order chi connectivity index (χ0) is 18.4. The van der Waals surface area contributed by atoms with Gasteiger partial charge in [-0.3, -0.25) is 0 Å². The Bertz CT molecular complexity index is 879. The Morgan fingerprint density at radius 1 is 0.962 bits per heavy atom. The number of unbranched alkanes of at least 4 members (excludes halogenated alkanes) is 1. The van der Waals surface area contributed by atoms with E-state index in [1.807, 2.05) is 12.1 Å². The van der Waals surface area contributed by atoms with Gasteiger partial charge in [-0.25, -0.2) is 0 Å². The molecule has 4 heteroatoms. The first-order chi connectivity index (χ1) is 12.7. The molecular formula is C22H23Cl2NO. The number of nitrogens with one attached hydrogen (secondary N) is 1. The Balaban J connectivity index is 1.82. The van der Waals surface area contributed by atoms with Crippen molar-refractivity contribution >= 4 is 34.0 Å². The molecule has 0 radical (unpaired) electrons. The van der Waals surface area contributed by atoms with Gasteiger partial charge in [0.05, 0.1) is 10.0 Å². The highest BCUT2D eigenvalue weighted by molar-refractivity contribution is 6.42. The summed E-state index contributed by atoms with van der Waals surface area (Å²) in [5.74, 6) is 0.902. The van der Waals surface area contributed by atoms with E-state index in [4.69, 9.17) is 27.9 Å². The molecule has 0 aliphatic heterocycles. The molecule has 0 atom stereocenters. The Labute approximate surface area is 165 Å². The maximum atomic E-state index is 6.14. The first kappa shape index (κ1) is 19.0. The molecular weight excluding hydrogens is 365 g/mol. The summed E-state index contributed by atoms with van der Waals surface area (Å²) in [5.41, 5.74) is 2.19. The lowest BCUT2D eigenvalue weighted by molar-refractivity contribution is 0.302. The molecule has 136 valence electrons. The summed E-state index contributed by atoms with van der Waals surface area (Å²) in [6.45, 7) is 4.45. The molecule has 3 rings (SSSR count). The normalized spacial score (nSPS) is 11.0. The molecule has 3 aromatic rings. The lowest BCUT2D eigenvalue weighted by Gasteiger charge is -2.15. The van der Waals surface area contributed by atoms with E-state index >= 15 is 0 Å². The van der Waals surface area contributed by atoms with Crippen LogP contribution in [0, 0.1) is 0 Å². The van der Waals surface area contributed by atoms with Crippen molar-refractivity contribution in [3.05, 3.63) is 75.8 Å². The van der Waals surface area contributed by atoms with Crippen LogP contribution < -0.4 is 10.1 Å². The fraction of sp³-hybridized carbons (Fsp3) is 0.273. The molecule has 3 aromatic carbocycles. The summed E-state index contributed by atoms with van der Waals surface area (Å²) in [7, 11) is 0. The highest BCUT2D eigenvalue weighted by atomic mass is 35.5. The van der Waals surface area contributed by atoms with Gasteiger partial charge in [-0.2, -0.15) is 0 Å². The number of benzene rings is 3. The second-order valence-electron chi connectivity index (χ2n) is 6.33. The lowest BCUT2D eigenvalue weighted by atomic mass is 10.0. The van der Waals surface area contributed by atoms with Crippen molar-refractivity contribution in [1.29, 1.82) is 0 Å². The van der Waals surface area contributed by atoms with Crippen LogP contribution >= 0.6 is 23.2 Å². The molecule has 1 N–H and O–H groups in total. The largest absolute Gasteiger partial charge is 0.489 e. The lowest BCUT2D eigenvalue weighted by Crippen LogP contribution is -2.15. The quantitative estimate of drug-likeness (QED) is 0.438. The molecule has 0 saturated heterocycles. The summed E-state index contributed by atoms with van der Waals surface area (Å²) in [5, 5.41) is 7.09. The zero-order valence-electron chi connectivity index (χ0n) is 14.9. The van der Waals surface area contributed by atoms with Gasteiger partial charge in [-0.1, -0.05) is 72.9 Å². The average molecular weight is 388 g/mol. The highest BCUT2D eigenvalue weighted by Crippen LogP contribution is 2.29.